The quantitative estimate of drug-likeness (QED) is 0.423. The molecule has 1 heterocycles. The van der Waals surface area contributed by atoms with E-state index in [1.54, 1.807) is 0 Å². The Labute approximate surface area is 182 Å². The Balaban J connectivity index is 1.58. The molecule has 1 fully saturated rings. The number of rotatable bonds is 5. The second-order valence-electron chi connectivity index (χ2n) is 11.3. The van der Waals surface area contributed by atoms with Gasteiger partial charge in [0.05, 0.1) is 12.0 Å². The van der Waals surface area contributed by atoms with Gasteiger partial charge in [-0.3, -0.25) is 4.79 Å². The summed E-state index contributed by atoms with van der Waals surface area (Å²) in [6.07, 6.45) is 9.73. The van der Waals surface area contributed by atoms with Crippen LogP contribution in [0.25, 0.3) is 0 Å². The van der Waals surface area contributed by atoms with Crippen molar-refractivity contribution >= 4 is 5.97 Å². The van der Waals surface area contributed by atoms with Crippen LogP contribution < -0.4 is 0 Å². The van der Waals surface area contributed by atoms with Crippen LogP contribution >= 0.6 is 0 Å². The van der Waals surface area contributed by atoms with E-state index in [-0.39, 0.29) is 28.8 Å². The summed E-state index contributed by atoms with van der Waals surface area (Å²) < 4.78 is 6.06. The first kappa shape index (κ1) is 21.9. The number of hydrogen-bond donors (Lipinski definition) is 1. The largest absolute Gasteiger partial charge is 0.426 e. The highest BCUT2D eigenvalue weighted by molar-refractivity contribution is 5.79. The summed E-state index contributed by atoms with van der Waals surface area (Å²) in [5.41, 5.74) is 3.94. The molecule has 6 atom stereocenters. The average molecular weight is 413 g/mol. The molecule has 0 saturated heterocycles. The maximum Gasteiger partial charge on any atom is 0.315 e. The summed E-state index contributed by atoms with van der Waals surface area (Å²) in [4.78, 5) is 13.0. The molecule has 0 aromatic carbocycles. The summed E-state index contributed by atoms with van der Waals surface area (Å²) in [7, 11) is 0. The van der Waals surface area contributed by atoms with Gasteiger partial charge in [-0.05, 0) is 85.7 Å². The van der Waals surface area contributed by atoms with Gasteiger partial charge in [0.15, 0.2) is 0 Å². The zero-order valence-corrected chi connectivity index (χ0v) is 19.6. The topological polar surface area (TPSA) is 46.5 Å². The Hall–Kier alpha value is -1.35. The molecular formula is C27H40O3. The third-order valence-electron chi connectivity index (χ3n) is 9.30. The van der Waals surface area contributed by atoms with Gasteiger partial charge < -0.3 is 9.84 Å². The highest BCUT2D eigenvalue weighted by Gasteiger charge is 2.56. The van der Waals surface area contributed by atoms with Crippen LogP contribution in [-0.4, -0.2) is 17.2 Å². The Bertz CT molecular complexity index is 803. The van der Waals surface area contributed by atoms with Crippen LogP contribution in [0.4, 0.5) is 0 Å². The normalized spacial score (nSPS) is 39.1. The second kappa shape index (κ2) is 7.65. The summed E-state index contributed by atoms with van der Waals surface area (Å²) in [5.74, 6) is 2.36. The first-order chi connectivity index (χ1) is 14.1. The maximum atomic E-state index is 13.0. The van der Waals surface area contributed by atoms with Crippen LogP contribution in [0.5, 0.6) is 0 Å². The van der Waals surface area contributed by atoms with Crippen molar-refractivity contribution in [2.45, 2.75) is 92.1 Å². The van der Waals surface area contributed by atoms with Gasteiger partial charge in [0.25, 0.3) is 0 Å². The lowest BCUT2D eigenvalue weighted by molar-refractivity contribution is -0.156. The van der Waals surface area contributed by atoms with Gasteiger partial charge in [-0.15, -0.1) is 0 Å². The summed E-state index contributed by atoms with van der Waals surface area (Å²) in [6.45, 7) is 15.8. The molecule has 4 rings (SSSR count). The van der Waals surface area contributed by atoms with E-state index in [0.29, 0.717) is 24.2 Å². The van der Waals surface area contributed by atoms with Gasteiger partial charge in [0.2, 0.25) is 0 Å². The molecule has 3 nitrogen and oxygen atoms in total. The minimum Gasteiger partial charge on any atom is -0.426 e. The maximum absolute atomic E-state index is 13.0. The van der Waals surface area contributed by atoms with Gasteiger partial charge >= 0.3 is 5.97 Å². The first-order valence-electron chi connectivity index (χ1n) is 12.1. The molecule has 0 bridgehead atoms. The lowest BCUT2D eigenvalue weighted by atomic mass is 9.55. The van der Waals surface area contributed by atoms with Crippen molar-refractivity contribution in [3.05, 3.63) is 35.1 Å². The fraction of sp³-hybridized carbons (Fsp3) is 0.741. The molecule has 166 valence electrons. The number of aliphatic hydroxyl groups is 1. The van der Waals surface area contributed by atoms with Gasteiger partial charge in [-0.2, -0.15) is 0 Å². The zero-order chi connectivity index (χ0) is 21.8. The molecule has 1 saturated carbocycles. The van der Waals surface area contributed by atoms with Crippen molar-refractivity contribution < 1.29 is 14.6 Å². The number of esters is 1. The molecular weight excluding hydrogens is 372 g/mol. The number of aliphatic hydroxyl groups excluding tert-OH is 1. The molecule has 3 aliphatic carbocycles. The molecule has 0 aromatic rings. The van der Waals surface area contributed by atoms with Crippen molar-refractivity contribution in [3.8, 4) is 0 Å². The monoisotopic (exact) mass is 412 g/mol. The molecule has 30 heavy (non-hydrogen) atoms. The van der Waals surface area contributed by atoms with Crippen LogP contribution in [0.1, 0.15) is 86.0 Å². The number of carbonyl (C=O) groups excluding carboxylic acids is 1. The fourth-order valence-corrected chi connectivity index (χ4v) is 6.88. The number of allylic oxidation sites excluding steroid dienone is 4. The van der Waals surface area contributed by atoms with E-state index in [9.17, 15) is 9.90 Å². The van der Waals surface area contributed by atoms with Crippen LogP contribution in [0.3, 0.4) is 0 Å². The summed E-state index contributed by atoms with van der Waals surface area (Å²) >= 11 is 0. The van der Waals surface area contributed by atoms with Crippen LogP contribution in [0, 0.1) is 34.5 Å². The number of fused-ring (bicyclic) bond motifs is 4. The van der Waals surface area contributed by atoms with Crippen molar-refractivity contribution in [1.82, 2.24) is 0 Å². The lowest BCUT2D eigenvalue weighted by Crippen LogP contribution is -2.48. The van der Waals surface area contributed by atoms with Gasteiger partial charge in [-0.25, -0.2) is 0 Å². The lowest BCUT2D eigenvalue weighted by Gasteiger charge is -2.51. The van der Waals surface area contributed by atoms with Crippen molar-refractivity contribution in [1.29, 1.82) is 0 Å². The summed E-state index contributed by atoms with van der Waals surface area (Å²) in [6, 6.07) is 0. The predicted molar refractivity (Wildman–Crippen MR) is 120 cm³/mol. The van der Waals surface area contributed by atoms with E-state index in [4.69, 9.17) is 4.74 Å². The zero-order valence-electron chi connectivity index (χ0n) is 19.6. The van der Waals surface area contributed by atoms with Crippen LogP contribution in [0.15, 0.2) is 35.1 Å². The van der Waals surface area contributed by atoms with Crippen molar-refractivity contribution in [2.24, 2.45) is 34.5 Å². The van der Waals surface area contributed by atoms with Crippen molar-refractivity contribution in [2.75, 3.05) is 0 Å². The Morgan fingerprint density at radius 1 is 1.27 bits per heavy atom. The standard InChI is InChI=1S/C27H40O3/c1-16(2)17(3)7-8-18(4)20-9-10-21-24-22(12-14-26(20,21)5)27(6)13-11-19(28)15-23(27)25(29)30-24/h10,16,18-20,23,28H,3,7-9,11-15H2,1-2,4-6H3/t18?,19?,20?,23?,26-,27?/m1/s1. The smallest absolute Gasteiger partial charge is 0.315 e. The second-order valence-corrected chi connectivity index (χ2v) is 11.3. The highest BCUT2D eigenvalue weighted by Crippen LogP contribution is 2.63. The van der Waals surface area contributed by atoms with Gasteiger partial charge in [0.1, 0.15) is 5.76 Å². The summed E-state index contributed by atoms with van der Waals surface area (Å²) in [5, 5.41) is 10.1. The molecule has 0 amide bonds. The van der Waals surface area contributed by atoms with Gasteiger partial charge in [-0.1, -0.05) is 52.8 Å². The molecule has 4 aliphatic rings. The SMILES string of the molecule is C=C(CCC(C)C1CC=C2C3=C(CC[C@@]21C)C1(C)CCC(O)CC1C(=O)O3)C(C)C. The van der Waals surface area contributed by atoms with Crippen LogP contribution in [-0.2, 0) is 9.53 Å². The minimum atomic E-state index is -0.372. The molecule has 5 unspecified atom stereocenters. The molecule has 1 N–H and O–H groups in total. The molecule has 0 radical (unpaired) electrons. The molecule has 0 aromatic heterocycles. The van der Waals surface area contributed by atoms with E-state index in [1.165, 1.54) is 23.1 Å². The third kappa shape index (κ3) is 3.32. The van der Waals surface area contributed by atoms with Crippen molar-refractivity contribution in [3.63, 3.8) is 0 Å². The Kier molecular flexibility index (Phi) is 5.58. The minimum absolute atomic E-state index is 0.0923. The Morgan fingerprint density at radius 2 is 2.00 bits per heavy atom. The third-order valence-corrected chi connectivity index (χ3v) is 9.30. The van der Waals surface area contributed by atoms with E-state index in [1.807, 2.05) is 0 Å². The molecule has 1 aliphatic heterocycles. The molecule has 0 spiro atoms. The molecule has 3 heteroatoms. The highest BCUT2D eigenvalue weighted by atomic mass is 16.5. The van der Waals surface area contributed by atoms with Gasteiger partial charge in [0, 0.05) is 5.41 Å². The number of ether oxygens (including phenoxy) is 1. The van der Waals surface area contributed by atoms with E-state index in [2.05, 4.69) is 47.3 Å². The predicted octanol–water partition coefficient (Wildman–Crippen LogP) is 6.34. The average Bonchev–Trinajstić information content (AvgIpc) is 3.04. The van der Waals surface area contributed by atoms with Crippen LogP contribution in [0.2, 0.25) is 0 Å². The number of carbonyl (C=O) groups is 1. The van der Waals surface area contributed by atoms with E-state index >= 15 is 0 Å². The van der Waals surface area contributed by atoms with E-state index < -0.39 is 0 Å². The fourth-order valence-electron chi connectivity index (χ4n) is 6.88. The first-order valence-corrected chi connectivity index (χ1v) is 12.1. The number of hydrogen-bond acceptors (Lipinski definition) is 3. The Morgan fingerprint density at radius 3 is 2.70 bits per heavy atom. The van der Waals surface area contributed by atoms with E-state index in [0.717, 1.165) is 44.3 Å².